The lowest BCUT2D eigenvalue weighted by molar-refractivity contribution is -0.128. The lowest BCUT2D eigenvalue weighted by atomic mass is 10.2. The molecule has 0 aromatic heterocycles. The number of esters is 1. The molecule has 1 amide bonds. The van der Waals surface area contributed by atoms with Crippen LogP contribution >= 0.6 is 0 Å². The minimum absolute atomic E-state index is 0.0174. The quantitative estimate of drug-likeness (QED) is 0.617. The van der Waals surface area contributed by atoms with Gasteiger partial charge in [-0.1, -0.05) is 0 Å². The Hall–Kier alpha value is -1.97. The number of benzene rings is 1. The molecule has 0 saturated carbocycles. The third kappa shape index (κ3) is 6.45. The Kier molecular flexibility index (Phi) is 8.01. The molecule has 0 spiro atoms. The fourth-order valence-corrected chi connectivity index (χ4v) is 3.22. The molecule has 0 radical (unpaired) electrons. The van der Waals surface area contributed by atoms with E-state index in [0.29, 0.717) is 6.54 Å². The van der Waals surface area contributed by atoms with Crippen molar-refractivity contribution in [2.24, 2.45) is 0 Å². The highest BCUT2D eigenvalue weighted by Gasteiger charge is 2.20. The standard InChI is InChI=1S/C16H24N2O6S/c1-5-17-15(19)12(3)24-16(20)13-6-8-14(9-7-13)25(21,22)18-11(2)10-23-4/h6-9,11-12,18H,5,10H2,1-4H3,(H,17,19)/t11-,12-/m0/s1. The van der Waals surface area contributed by atoms with E-state index in [1.165, 1.54) is 38.3 Å². The van der Waals surface area contributed by atoms with Gasteiger partial charge >= 0.3 is 5.97 Å². The van der Waals surface area contributed by atoms with Crippen LogP contribution in [0.25, 0.3) is 0 Å². The first-order chi connectivity index (χ1) is 11.7. The summed E-state index contributed by atoms with van der Waals surface area (Å²) in [6, 6.07) is 4.88. The first-order valence-corrected chi connectivity index (χ1v) is 9.29. The number of hydrogen-bond donors (Lipinski definition) is 2. The normalized spacial score (nSPS) is 13.8. The van der Waals surface area contributed by atoms with Crippen molar-refractivity contribution < 1.29 is 27.5 Å². The summed E-state index contributed by atoms with van der Waals surface area (Å²) in [6.07, 6.45) is -0.938. The molecule has 2 N–H and O–H groups in total. The molecule has 0 fully saturated rings. The summed E-state index contributed by atoms with van der Waals surface area (Å²) in [4.78, 5) is 23.6. The van der Waals surface area contributed by atoms with Crippen LogP contribution in [-0.4, -0.2) is 52.7 Å². The van der Waals surface area contributed by atoms with E-state index in [-0.39, 0.29) is 17.1 Å². The smallest absolute Gasteiger partial charge is 0.338 e. The first kappa shape index (κ1) is 21.1. The number of likely N-dealkylation sites (N-methyl/N-ethyl adjacent to an activating group) is 1. The highest BCUT2D eigenvalue weighted by Crippen LogP contribution is 2.13. The topological polar surface area (TPSA) is 111 Å². The van der Waals surface area contributed by atoms with Crippen molar-refractivity contribution in [2.45, 2.75) is 37.8 Å². The van der Waals surface area contributed by atoms with Gasteiger partial charge in [0.2, 0.25) is 10.0 Å². The maximum Gasteiger partial charge on any atom is 0.338 e. The van der Waals surface area contributed by atoms with Crippen LogP contribution < -0.4 is 10.0 Å². The highest BCUT2D eigenvalue weighted by atomic mass is 32.2. The Morgan fingerprint density at radius 3 is 2.28 bits per heavy atom. The number of sulfonamides is 1. The van der Waals surface area contributed by atoms with Gasteiger partial charge in [0.1, 0.15) is 0 Å². The zero-order valence-electron chi connectivity index (χ0n) is 14.7. The molecule has 0 bridgehead atoms. The van der Waals surface area contributed by atoms with Gasteiger partial charge in [0.05, 0.1) is 17.1 Å². The van der Waals surface area contributed by atoms with Gasteiger partial charge < -0.3 is 14.8 Å². The second-order valence-electron chi connectivity index (χ2n) is 5.44. The molecule has 25 heavy (non-hydrogen) atoms. The molecule has 0 saturated heterocycles. The predicted octanol–water partition coefficient (Wildman–Crippen LogP) is 0.681. The van der Waals surface area contributed by atoms with E-state index in [1.54, 1.807) is 13.8 Å². The van der Waals surface area contributed by atoms with Crippen LogP contribution in [0.1, 0.15) is 31.1 Å². The largest absolute Gasteiger partial charge is 0.449 e. The Morgan fingerprint density at radius 1 is 1.16 bits per heavy atom. The van der Waals surface area contributed by atoms with Gasteiger partial charge in [-0.3, -0.25) is 4.79 Å². The second kappa shape index (κ2) is 9.50. The van der Waals surface area contributed by atoms with Crippen LogP contribution in [0.3, 0.4) is 0 Å². The number of hydrogen-bond acceptors (Lipinski definition) is 6. The molecule has 2 atom stereocenters. The average molecular weight is 372 g/mol. The van der Waals surface area contributed by atoms with E-state index in [4.69, 9.17) is 9.47 Å². The van der Waals surface area contributed by atoms with Crippen molar-refractivity contribution in [3.8, 4) is 0 Å². The monoisotopic (exact) mass is 372 g/mol. The summed E-state index contributed by atoms with van der Waals surface area (Å²) in [5, 5.41) is 2.55. The SMILES string of the molecule is CCNC(=O)[C@H](C)OC(=O)c1ccc(S(=O)(=O)N[C@@H](C)COC)cc1. The van der Waals surface area contributed by atoms with Crippen LogP contribution in [0.15, 0.2) is 29.2 Å². The van der Waals surface area contributed by atoms with Gasteiger partial charge in [-0.15, -0.1) is 0 Å². The van der Waals surface area contributed by atoms with E-state index in [0.717, 1.165) is 0 Å². The number of nitrogens with one attached hydrogen (secondary N) is 2. The lowest BCUT2D eigenvalue weighted by Crippen LogP contribution is -2.36. The molecule has 9 heteroatoms. The van der Waals surface area contributed by atoms with Crippen molar-refractivity contribution in [1.29, 1.82) is 0 Å². The molecule has 0 aliphatic heterocycles. The molecule has 0 aliphatic rings. The molecule has 140 valence electrons. The van der Waals surface area contributed by atoms with E-state index in [9.17, 15) is 18.0 Å². The summed E-state index contributed by atoms with van der Waals surface area (Å²) in [7, 11) is -2.24. The van der Waals surface area contributed by atoms with E-state index >= 15 is 0 Å². The first-order valence-electron chi connectivity index (χ1n) is 7.81. The van der Waals surface area contributed by atoms with Crippen molar-refractivity contribution in [3.05, 3.63) is 29.8 Å². The van der Waals surface area contributed by atoms with E-state index in [1.807, 2.05) is 0 Å². The van der Waals surface area contributed by atoms with Gasteiger partial charge in [-0.25, -0.2) is 17.9 Å². The molecule has 1 rings (SSSR count). The van der Waals surface area contributed by atoms with Gasteiger partial charge in [-0.2, -0.15) is 0 Å². The maximum absolute atomic E-state index is 12.2. The molecule has 0 aliphatic carbocycles. The van der Waals surface area contributed by atoms with Crippen LogP contribution in [0.5, 0.6) is 0 Å². The Morgan fingerprint density at radius 2 is 1.76 bits per heavy atom. The second-order valence-corrected chi connectivity index (χ2v) is 7.16. The minimum atomic E-state index is -3.71. The predicted molar refractivity (Wildman–Crippen MR) is 91.7 cm³/mol. The van der Waals surface area contributed by atoms with Gasteiger partial charge in [0, 0.05) is 19.7 Å². The molecule has 1 aromatic rings. The van der Waals surface area contributed by atoms with Gasteiger partial charge in [0.15, 0.2) is 6.10 Å². The van der Waals surface area contributed by atoms with Crippen LogP contribution in [0.4, 0.5) is 0 Å². The highest BCUT2D eigenvalue weighted by molar-refractivity contribution is 7.89. The van der Waals surface area contributed by atoms with Crippen LogP contribution in [0, 0.1) is 0 Å². The molecule has 0 heterocycles. The summed E-state index contributed by atoms with van der Waals surface area (Å²) in [5.41, 5.74) is 0.153. The minimum Gasteiger partial charge on any atom is -0.449 e. The Bertz CT molecular complexity index is 687. The van der Waals surface area contributed by atoms with E-state index in [2.05, 4.69) is 10.0 Å². The fraction of sp³-hybridized carbons (Fsp3) is 0.500. The maximum atomic E-state index is 12.2. The molecule has 0 unspecified atom stereocenters. The molecular formula is C16H24N2O6S. The van der Waals surface area contributed by atoms with Crippen molar-refractivity contribution in [3.63, 3.8) is 0 Å². The molecule has 1 aromatic carbocycles. The number of carbonyl (C=O) groups excluding carboxylic acids is 2. The Labute approximate surface area is 147 Å². The fourth-order valence-electron chi connectivity index (χ4n) is 1.99. The number of amides is 1. The third-order valence-corrected chi connectivity index (χ3v) is 4.78. The van der Waals surface area contributed by atoms with Gasteiger partial charge in [-0.05, 0) is 45.0 Å². The van der Waals surface area contributed by atoms with Crippen LogP contribution in [0.2, 0.25) is 0 Å². The van der Waals surface area contributed by atoms with Crippen molar-refractivity contribution in [1.82, 2.24) is 10.0 Å². The summed E-state index contributed by atoms with van der Waals surface area (Å²) >= 11 is 0. The average Bonchev–Trinajstić information content (AvgIpc) is 2.54. The van der Waals surface area contributed by atoms with Crippen LogP contribution in [-0.2, 0) is 24.3 Å². The lowest BCUT2D eigenvalue weighted by Gasteiger charge is -2.14. The van der Waals surface area contributed by atoms with E-state index < -0.39 is 34.0 Å². The van der Waals surface area contributed by atoms with Gasteiger partial charge in [0.25, 0.3) is 5.91 Å². The zero-order chi connectivity index (χ0) is 19.0. The number of methoxy groups -OCH3 is 1. The third-order valence-electron chi connectivity index (χ3n) is 3.18. The zero-order valence-corrected chi connectivity index (χ0v) is 15.6. The molecule has 8 nitrogen and oxygen atoms in total. The Balaban J connectivity index is 2.78. The van der Waals surface area contributed by atoms with Crippen molar-refractivity contribution >= 4 is 21.9 Å². The summed E-state index contributed by atoms with van der Waals surface area (Å²) in [5.74, 6) is -1.10. The number of ether oxygens (including phenoxy) is 2. The number of carbonyl (C=O) groups is 2. The summed E-state index contributed by atoms with van der Waals surface area (Å²) < 4.78 is 36.8. The van der Waals surface area contributed by atoms with Crippen molar-refractivity contribution in [2.75, 3.05) is 20.3 Å². The summed E-state index contributed by atoms with van der Waals surface area (Å²) in [6.45, 7) is 5.56. The number of rotatable bonds is 9. The molecular weight excluding hydrogens is 348 g/mol.